The lowest BCUT2D eigenvalue weighted by Crippen LogP contribution is -2.13. The van der Waals surface area contributed by atoms with Gasteiger partial charge in [0.05, 0.1) is 0 Å². The van der Waals surface area contributed by atoms with Crippen LogP contribution in [-0.4, -0.2) is 35.8 Å². The van der Waals surface area contributed by atoms with Gasteiger partial charge >= 0.3 is 0 Å². The van der Waals surface area contributed by atoms with E-state index in [1.165, 1.54) is 30.2 Å². The van der Waals surface area contributed by atoms with E-state index in [0.29, 0.717) is 17.9 Å². The Bertz CT molecular complexity index is 552. The number of nitrogens with two attached hydrogens (primary N) is 1. The van der Waals surface area contributed by atoms with Crippen molar-refractivity contribution < 1.29 is 0 Å². The summed E-state index contributed by atoms with van der Waals surface area (Å²) in [5, 5.41) is 7.27. The molecule has 2 aromatic rings. The summed E-state index contributed by atoms with van der Waals surface area (Å²) < 4.78 is 1.46. The number of hydrogen-bond acceptors (Lipinski definition) is 7. The van der Waals surface area contributed by atoms with Crippen LogP contribution in [0, 0.1) is 5.92 Å². The molecule has 2 heterocycles. The van der Waals surface area contributed by atoms with Crippen molar-refractivity contribution in [2.75, 3.05) is 11.1 Å². The van der Waals surface area contributed by atoms with Crippen LogP contribution in [0.1, 0.15) is 26.2 Å². The van der Waals surface area contributed by atoms with Gasteiger partial charge in [0.2, 0.25) is 11.9 Å². The van der Waals surface area contributed by atoms with Crippen LogP contribution in [0.15, 0.2) is 12.7 Å². The van der Waals surface area contributed by atoms with Gasteiger partial charge in [-0.15, -0.1) is 0 Å². The molecule has 100 valence electrons. The normalized spacial score (nSPS) is 21.3. The third kappa shape index (κ3) is 2.61. The molecule has 1 fully saturated rings. The maximum absolute atomic E-state index is 5.69. The van der Waals surface area contributed by atoms with E-state index in [0.717, 1.165) is 12.3 Å². The fourth-order valence-electron chi connectivity index (χ4n) is 2.14. The van der Waals surface area contributed by atoms with E-state index in [1.807, 2.05) is 0 Å². The SMILES string of the molecule is CCCC1CC1Nc1nc(N)nc(-n2cncn2)n1. The Morgan fingerprint density at radius 3 is 3.05 bits per heavy atom. The highest BCUT2D eigenvalue weighted by molar-refractivity contribution is 5.37. The van der Waals surface area contributed by atoms with Gasteiger partial charge in [0.1, 0.15) is 12.7 Å². The number of aromatic nitrogens is 6. The Morgan fingerprint density at radius 2 is 2.32 bits per heavy atom. The minimum absolute atomic E-state index is 0.177. The fourth-order valence-corrected chi connectivity index (χ4v) is 2.14. The van der Waals surface area contributed by atoms with E-state index in [2.05, 4.69) is 37.3 Å². The molecular weight excluding hydrogens is 244 g/mol. The van der Waals surface area contributed by atoms with E-state index in [9.17, 15) is 0 Å². The van der Waals surface area contributed by atoms with E-state index in [-0.39, 0.29) is 5.95 Å². The fraction of sp³-hybridized carbons (Fsp3) is 0.545. The Kier molecular flexibility index (Phi) is 2.98. The molecule has 2 aromatic heterocycles. The first-order valence-electron chi connectivity index (χ1n) is 6.39. The zero-order chi connectivity index (χ0) is 13.2. The third-order valence-electron chi connectivity index (χ3n) is 3.16. The molecule has 0 aromatic carbocycles. The maximum Gasteiger partial charge on any atom is 0.258 e. The van der Waals surface area contributed by atoms with Crippen LogP contribution < -0.4 is 11.1 Å². The molecule has 8 heteroatoms. The van der Waals surface area contributed by atoms with Crippen LogP contribution in [0.25, 0.3) is 5.95 Å². The zero-order valence-corrected chi connectivity index (χ0v) is 10.7. The summed E-state index contributed by atoms with van der Waals surface area (Å²) in [6.45, 7) is 2.19. The Hall–Kier alpha value is -2.25. The third-order valence-corrected chi connectivity index (χ3v) is 3.16. The molecule has 2 unspecified atom stereocenters. The van der Waals surface area contributed by atoms with Crippen molar-refractivity contribution in [3.63, 3.8) is 0 Å². The molecule has 0 radical (unpaired) electrons. The molecule has 2 atom stereocenters. The first kappa shape index (κ1) is 11.8. The number of nitrogen functional groups attached to an aromatic ring is 1. The van der Waals surface area contributed by atoms with Crippen molar-refractivity contribution in [3.05, 3.63) is 12.7 Å². The quantitative estimate of drug-likeness (QED) is 0.811. The van der Waals surface area contributed by atoms with Gasteiger partial charge in [-0.05, 0) is 18.8 Å². The largest absolute Gasteiger partial charge is 0.368 e. The van der Waals surface area contributed by atoms with Crippen LogP contribution >= 0.6 is 0 Å². The van der Waals surface area contributed by atoms with Gasteiger partial charge in [-0.1, -0.05) is 13.3 Å². The van der Waals surface area contributed by atoms with E-state index >= 15 is 0 Å². The van der Waals surface area contributed by atoms with Gasteiger partial charge in [0, 0.05) is 6.04 Å². The molecular formula is C11H16N8. The summed E-state index contributed by atoms with van der Waals surface area (Å²) in [5.41, 5.74) is 5.69. The molecule has 0 bridgehead atoms. The molecule has 0 saturated heterocycles. The summed E-state index contributed by atoms with van der Waals surface area (Å²) in [5.74, 6) is 1.77. The molecule has 19 heavy (non-hydrogen) atoms. The first-order valence-corrected chi connectivity index (χ1v) is 6.39. The van der Waals surface area contributed by atoms with Crippen LogP contribution in [0.2, 0.25) is 0 Å². The average molecular weight is 260 g/mol. The summed E-state index contributed by atoms with van der Waals surface area (Å²) in [6, 6.07) is 0.449. The topological polar surface area (TPSA) is 107 Å². The number of nitrogens with one attached hydrogen (secondary N) is 1. The molecule has 0 aliphatic heterocycles. The summed E-state index contributed by atoms with van der Waals surface area (Å²) in [6.07, 6.45) is 6.54. The number of nitrogens with zero attached hydrogens (tertiary/aromatic N) is 6. The predicted octanol–water partition coefficient (Wildman–Crippen LogP) is 0.635. The van der Waals surface area contributed by atoms with Crippen molar-refractivity contribution in [2.24, 2.45) is 5.92 Å². The van der Waals surface area contributed by atoms with E-state index in [4.69, 9.17) is 5.73 Å². The van der Waals surface area contributed by atoms with Crippen molar-refractivity contribution in [1.29, 1.82) is 0 Å². The second-order valence-corrected chi connectivity index (χ2v) is 4.69. The van der Waals surface area contributed by atoms with Crippen LogP contribution in [0.5, 0.6) is 0 Å². The Balaban J connectivity index is 1.76. The number of hydrogen-bond donors (Lipinski definition) is 2. The Labute approximate surface area is 110 Å². The molecule has 1 saturated carbocycles. The molecule has 3 rings (SSSR count). The highest BCUT2D eigenvalue weighted by atomic mass is 15.4. The summed E-state index contributed by atoms with van der Waals surface area (Å²) in [4.78, 5) is 16.3. The monoisotopic (exact) mass is 260 g/mol. The zero-order valence-electron chi connectivity index (χ0n) is 10.7. The van der Waals surface area contributed by atoms with Gasteiger partial charge in [-0.2, -0.15) is 24.7 Å². The van der Waals surface area contributed by atoms with Crippen molar-refractivity contribution in [2.45, 2.75) is 32.2 Å². The molecule has 0 amide bonds. The lowest BCUT2D eigenvalue weighted by atomic mass is 10.2. The summed E-state index contributed by atoms with van der Waals surface area (Å²) in [7, 11) is 0. The maximum atomic E-state index is 5.69. The Morgan fingerprint density at radius 1 is 1.42 bits per heavy atom. The molecule has 1 aliphatic carbocycles. The van der Waals surface area contributed by atoms with Crippen molar-refractivity contribution in [3.8, 4) is 5.95 Å². The van der Waals surface area contributed by atoms with Crippen LogP contribution in [0.3, 0.4) is 0 Å². The average Bonchev–Trinajstić information content (AvgIpc) is 2.92. The van der Waals surface area contributed by atoms with Crippen molar-refractivity contribution >= 4 is 11.9 Å². The molecule has 3 N–H and O–H groups in total. The number of rotatable bonds is 5. The minimum atomic E-state index is 0.177. The lowest BCUT2D eigenvalue weighted by Gasteiger charge is -2.06. The van der Waals surface area contributed by atoms with Gasteiger partial charge in [-0.25, -0.2) is 4.98 Å². The molecule has 8 nitrogen and oxygen atoms in total. The van der Waals surface area contributed by atoms with Gasteiger partial charge < -0.3 is 11.1 Å². The van der Waals surface area contributed by atoms with Gasteiger partial charge in [0.25, 0.3) is 5.95 Å². The first-order chi connectivity index (χ1) is 9.26. The van der Waals surface area contributed by atoms with Gasteiger partial charge in [0.15, 0.2) is 0 Å². The standard InChI is InChI=1S/C11H16N8/c1-2-3-7-4-8(7)15-10-16-9(12)17-11(18-10)19-6-13-5-14-19/h5-8H,2-4H2,1H3,(H3,12,15,16,17,18). The highest BCUT2D eigenvalue weighted by Crippen LogP contribution is 2.36. The predicted molar refractivity (Wildman–Crippen MR) is 69.6 cm³/mol. The van der Waals surface area contributed by atoms with Crippen LogP contribution in [-0.2, 0) is 0 Å². The van der Waals surface area contributed by atoms with Crippen LogP contribution in [0.4, 0.5) is 11.9 Å². The second kappa shape index (κ2) is 4.79. The summed E-state index contributed by atoms with van der Waals surface area (Å²) >= 11 is 0. The van der Waals surface area contributed by atoms with E-state index in [1.54, 1.807) is 0 Å². The highest BCUT2D eigenvalue weighted by Gasteiger charge is 2.36. The number of anilines is 2. The molecule has 1 aliphatic rings. The molecule has 0 spiro atoms. The lowest BCUT2D eigenvalue weighted by molar-refractivity contribution is 0.690. The minimum Gasteiger partial charge on any atom is -0.368 e. The van der Waals surface area contributed by atoms with E-state index < -0.39 is 0 Å². The van der Waals surface area contributed by atoms with Crippen molar-refractivity contribution in [1.82, 2.24) is 29.7 Å². The smallest absolute Gasteiger partial charge is 0.258 e. The second-order valence-electron chi connectivity index (χ2n) is 4.69. The van der Waals surface area contributed by atoms with Gasteiger partial charge in [-0.3, -0.25) is 0 Å².